The van der Waals surface area contributed by atoms with Crippen molar-refractivity contribution in [2.75, 3.05) is 20.7 Å². The maximum Gasteiger partial charge on any atom is 0.256 e. The van der Waals surface area contributed by atoms with E-state index in [0.717, 1.165) is 25.9 Å². The molecule has 5 heteroatoms. The van der Waals surface area contributed by atoms with Crippen LogP contribution < -0.4 is 0 Å². The number of hydrogen-bond acceptors (Lipinski definition) is 3. The molecule has 1 fully saturated rings. The number of aromatic nitrogens is 2. The Labute approximate surface area is 95.0 Å². The van der Waals surface area contributed by atoms with Crippen molar-refractivity contribution in [3.63, 3.8) is 0 Å². The molecule has 1 aliphatic heterocycles. The Hall–Kier alpha value is -1.36. The zero-order valence-corrected chi connectivity index (χ0v) is 9.72. The minimum atomic E-state index is -0.0259. The average Bonchev–Trinajstić information content (AvgIpc) is 2.78. The van der Waals surface area contributed by atoms with Crippen molar-refractivity contribution in [2.24, 2.45) is 0 Å². The Kier molecular flexibility index (Phi) is 3.24. The minimum Gasteiger partial charge on any atom is -0.357 e. The second kappa shape index (κ2) is 4.65. The van der Waals surface area contributed by atoms with E-state index in [1.807, 2.05) is 0 Å². The van der Waals surface area contributed by atoms with Crippen LogP contribution in [-0.2, 0) is 4.74 Å². The molecule has 1 atom stereocenters. The lowest BCUT2D eigenvalue weighted by molar-refractivity contribution is -0.0395. The van der Waals surface area contributed by atoms with Crippen molar-refractivity contribution < 1.29 is 9.53 Å². The van der Waals surface area contributed by atoms with Crippen LogP contribution in [0.1, 0.15) is 35.8 Å². The number of nitrogens with zero attached hydrogens (tertiary/aromatic N) is 3. The van der Waals surface area contributed by atoms with E-state index in [-0.39, 0.29) is 12.1 Å². The first-order valence-electron chi connectivity index (χ1n) is 5.56. The smallest absolute Gasteiger partial charge is 0.256 e. The summed E-state index contributed by atoms with van der Waals surface area (Å²) in [6.07, 6.45) is 6.59. The van der Waals surface area contributed by atoms with Gasteiger partial charge in [-0.1, -0.05) is 0 Å². The van der Waals surface area contributed by atoms with E-state index in [9.17, 15) is 4.79 Å². The second-order valence-electron chi connectivity index (χ2n) is 4.23. The highest BCUT2D eigenvalue weighted by atomic mass is 16.5. The summed E-state index contributed by atoms with van der Waals surface area (Å²) in [7, 11) is 3.47. The largest absolute Gasteiger partial charge is 0.357 e. The lowest BCUT2D eigenvalue weighted by atomic mass is 10.2. The molecule has 1 unspecified atom stereocenters. The number of amides is 1. The van der Waals surface area contributed by atoms with E-state index in [0.29, 0.717) is 5.56 Å². The molecule has 0 spiro atoms. The summed E-state index contributed by atoms with van der Waals surface area (Å²) in [5.41, 5.74) is 0.610. The van der Waals surface area contributed by atoms with Crippen molar-refractivity contribution in [3.8, 4) is 0 Å². The van der Waals surface area contributed by atoms with Crippen molar-refractivity contribution in [2.45, 2.75) is 25.5 Å². The Morgan fingerprint density at radius 2 is 2.38 bits per heavy atom. The molecule has 1 aromatic rings. The van der Waals surface area contributed by atoms with Crippen LogP contribution in [0, 0.1) is 0 Å². The van der Waals surface area contributed by atoms with E-state index in [1.54, 1.807) is 36.1 Å². The minimum absolute atomic E-state index is 0.00235. The predicted octanol–water partition coefficient (Wildman–Crippen LogP) is 1.28. The van der Waals surface area contributed by atoms with Gasteiger partial charge in [-0.05, 0) is 19.3 Å². The first-order chi connectivity index (χ1) is 7.68. The maximum atomic E-state index is 11.7. The van der Waals surface area contributed by atoms with Gasteiger partial charge in [0.05, 0.1) is 11.8 Å². The summed E-state index contributed by atoms with van der Waals surface area (Å²) >= 11 is 0. The summed E-state index contributed by atoms with van der Waals surface area (Å²) in [6.45, 7) is 0.779. The van der Waals surface area contributed by atoms with E-state index in [1.165, 1.54) is 0 Å². The Morgan fingerprint density at radius 3 is 3.00 bits per heavy atom. The molecule has 16 heavy (non-hydrogen) atoms. The lowest BCUT2D eigenvalue weighted by Crippen LogP contribution is -2.21. The van der Waals surface area contributed by atoms with Gasteiger partial charge in [0.25, 0.3) is 5.91 Å². The molecule has 2 rings (SSSR count). The van der Waals surface area contributed by atoms with Gasteiger partial charge in [0, 0.05) is 26.9 Å². The molecule has 2 heterocycles. The Bertz CT molecular complexity index is 367. The number of rotatable bonds is 2. The van der Waals surface area contributed by atoms with E-state index in [2.05, 4.69) is 5.10 Å². The Morgan fingerprint density at radius 1 is 1.56 bits per heavy atom. The predicted molar refractivity (Wildman–Crippen MR) is 59.1 cm³/mol. The molecule has 1 aliphatic rings. The molecule has 0 radical (unpaired) electrons. The van der Waals surface area contributed by atoms with Gasteiger partial charge >= 0.3 is 0 Å². The summed E-state index contributed by atoms with van der Waals surface area (Å²) in [4.78, 5) is 13.2. The third-order valence-electron chi connectivity index (χ3n) is 2.71. The molecule has 5 nitrogen and oxygen atoms in total. The van der Waals surface area contributed by atoms with Crippen LogP contribution in [0.3, 0.4) is 0 Å². The number of hydrogen-bond donors (Lipinski definition) is 0. The van der Waals surface area contributed by atoms with Crippen LogP contribution in [0.15, 0.2) is 12.4 Å². The maximum absolute atomic E-state index is 11.7. The normalized spacial score (nSPS) is 20.8. The van der Waals surface area contributed by atoms with Crippen molar-refractivity contribution in [3.05, 3.63) is 18.0 Å². The zero-order chi connectivity index (χ0) is 11.5. The highest BCUT2D eigenvalue weighted by Crippen LogP contribution is 2.21. The van der Waals surface area contributed by atoms with Gasteiger partial charge in [-0.3, -0.25) is 4.79 Å². The molecule has 0 aromatic carbocycles. The molecular formula is C11H17N3O2. The lowest BCUT2D eigenvalue weighted by Gasteiger charge is -2.22. The fourth-order valence-corrected chi connectivity index (χ4v) is 1.80. The molecule has 0 bridgehead atoms. The summed E-state index contributed by atoms with van der Waals surface area (Å²) in [5, 5.41) is 4.19. The van der Waals surface area contributed by atoms with Crippen LogP contribution in [0.25, 0.3) is 0 Å². The molecule has 1 saturated heterocycles. The fourth-order valence-electron chi connectivity index (χ4n) is 1.80. The third kappa shape index (κ3) is 2.24. The average molecular weight is 223 g/mol. The monoisotopic (exact) mass is 223 g/mol. The van der Waals surface area contributed by atoms with Crippen molar-refractivity contribution in [1.29, 1.82) is 0 Å². The summed E-state index contributed by atoms with van der Waals surface area (Å²) in [6, 6.07) is 0. The molecule has 0 N–H and O–H groups in total. The van der Waals surface area contributed by atoms with Crippen LogP contribution in [0.4, 0.5) is 0 Å². The second-order valence-corrected chi connectivity index (χ2v) is 4.23. The molecule has 1 amide bonds. The number of ether oxygens (including phenoxy) is 1. The van der Waals surface area contributed by atoms with Gasteiger partial charge in [0.15, 0.2) is 0 Å². The first kappa shape index (κ1) is 11.1. The summed E-state index contributed by atoms with van der Waals surface area (Å²) < 4.78 is 7.34. The van der Waals surface area contributed by atoms with E-state index < -0.39 is 0 Å². The van der Waals surface area contributed by atoms with Gasteiger partial charge in [0.1, 0.15) is 6.23 Å². The molecule has 1 aromatic heterocycles. The molecular weight excluding hydrogens is 206 g/mol. The molecule has 0 aliphatic carbocycles. The topological polar surface area (TPSA) is 47.4 Å². The first-order valence-corrected chi connectivity index (χ1v) is 5.56. The van der Waals surface area contributed by atoms with Crippen molar-refractivity contribution >= 4 is 5.91 Å². The molecule has 88 valence electrons. The highest BCUT2D eigenvalue weighted by molar-refractivity contribution is 5.93. The van der Waals surface area contributed by atoms with Gasteiger partial charge in [-0.25, -0.2) is 4.68 Å². The zero-order valence-electron chi connectivity index (χ0n) is 9.72. The number of carbonyl (C=O) groups is 1. The van der Waals surface area contributed by atoms with Gasteiger partial charge in [0.2, 0.25) is 0 Å². The molecule has 0 saturated carbocycles. The number of carbonyl (C=O) groups excluding carboxylic acids is 1. The third-order valence-corrected chi connectivity index (χ3v) is 2.71. The highest BCUT2D eigenvalue weighted by Gasteiger charge is 2.18. The van der Waals surface area contributed by atoms with Gasteiger partial charge in [-0.15, -0.1) is 0 Å². The van der Waals surface area contributed by atoms with Crippen LogP contribution in [0.5, 0.6) is 0 Å². The van der Waals surface area contributed by atoms with Gasteiger partial charge in [-0.2, -0.15) is 5.10 Å². The van der Waals surface area contributed by atoms with E-state index >= 15 is 0 Å². The van der Waals surface area contributed by atoms with Crippen molar-refractivity contribution in [1.82, 2.24) is 14.7 Å². The fraction of sp³-hybridized carbons (Fsp3) is 0.636. The SMILES string of the molecule is CN(C)C(=O)c1cnn(C2CCCCO2)c1. The van der Waals surface area contributed by atoms with Gasteiger partial charge < -0.3 is 9.64 Å². The van der Waals surface area contributed by atoms with Crippen LogP contribution in [-0.4, -0.2) is 41.3 Å². The van der Waals surface area contributed by atoms with Crippen LogP contribution in [0.2, 0.25) is 0 Å². The van der Waals surface area contributed by atoms with E-state index in [4.69, 9.17) is 4.74 Å². The summed E-state index contributed by atoms with van der Waals surface area (Å²) in [5.74, 6) is -0.0259. The van der Waals surface area contributed by atoms with Crippen LogP contribution >= 0.6 is 0 Å². The Balaban J connectivity index is 2.09. The standard InChI is InChI=1S/C11H17N3O2/c1-13(2)11(15)9-7-12-14(8-9)10-5-3-4-6-16-10/h7-8,10H,3-6H2,1-2H3. The quantitative estimate of drug-likeness (QED) is 0.759.